The Balaban J connectivity index is 1.56. The minimum Gasteiger partial charge on any atom is -0.338 e. The van der Waals surface area contributed by atoms with Crippen molar-refractivity contribution in [2.45, 2.75) is 36.1 Å². The molecule has 1 amide bonds. The fraction of sp³-hybridized carbons (Fsp3) is 0.438. The summed E-state index contributed by atoms with van der Waals surface area (Å²) in [6.07, 6.45) is 4.19. The Labute approximate surface area is 156 Å². The van der Waals surface area contributed by atoms with Gasteiger partial charge in [0, 0.05) is 25.4 Å². The second kappa shape index (κ2) is 8.19. The zero-order valence-electron chi connectivity index (χ0n) is 14.3. The highest BCUT2D eigenvalue weighted by Gasteiger charge is 2.26. The number of piperidine rings is 1. The van der Waals surface area contributed by atoms with Gasteiger partial charge in [0.2, 0.25) is 21.8 Å². The van der Waals surface area contributed by atoms with E-state index in [0.717, 1.165) is 19.3 Å². The lowest BCUT2D eigenvalue weighted by Crippen LogP contribution is -2.35. The fourth-order valence-corrected chi connectivity index (χ4v) is 4.70. The van der Waals surface area contributed by atoms with Gasteiger partial charge in [-0.2, -0.15) is 4.31 Å². The predicted octanol–water partition coefficient (Wildman–Crippen LogP) is 2.28. The molecule has 0 radical (unpaired) electrons. The number of aromatic nitrogens is 2. The summed E-state index contributed by atoms with van der Waals surface area (Å²) in [4.78, 5) is 16.2. The molecule has 1 fully saturated rings. The number of thioether (sulfide) groups is 1. The monoisotopic (exact) mass is 396 g/mol. The fourth-order valence-electron chi connectivity index (χ4n) is 2.59. The lowest BCUT2D eigenvalue weighted by molar-refractivity contribution is -0.113. The molecule has 8 nitrogen and oxygen atoms in total. The Morgan fingerprint density at radius 3 is 2.69 bits per heavy atom. The van der Waals surface area contributed by atoms with Crippen molar-refractivity contribution in [3.8, 4) is 0 Å². The summed E-state index contributed by atoms with van der Waals surface area (Å²) in [6, 6.07) is 4.78. The predicted molar refractivity (Wildman–Crippen MR) is 97.4 cm³/mol. The largest absolute Gasteiger partial charge is 0.338 e. The minimum absolute atomic E-state index is 0.130. The molecule has 3 rings (SSSR count). The molecule has 3 heterocycles. The van der Waals surface area contributed by atoms with Gasteiger partial charge in [-0.1, -0.05) is 23.3 Å². The number of sulfonamides is 1. The van der Waals surface area contributed by atoms with Crippen molar-refractivity contribution in [3.05, 3.63) is 30.1 Å². The maximum atomic E-state index is 12.6. The molecule has 0 aliphatic carbocycles. The van der Waals surface area contributed by atoms with Crippen molar-refractivity contribution < 1.29 is 17.7 Å². The van der Waals surface area contributed by atoms with Gasteiger partial charge in [-0.3, -0.25) is 10.1 Å². The van der Waals surface area contributed by atoms with Crippen molar-refractivity contribution in [2.24, 2.45) is 0 Å². The van der Waals surface area contributed by atoms with Gasteiger partial charge in [-0.25, -0.2) is 13.4 Å². The molecular weight excluding hydrogens is 376 g/mol. The highest BCUT2D eigenvalue weighted by molar-refractivity contribution is 7.99. The van der Waals surface area contributed by atoms with Crippen molar-refractivity contribution in [1.29, 1.82) is 0 Å². The van der Waals surface area contributed by atoms with Crippen molar-refractivity contribution in [1.82, 2.24) is 14.4 Å². The van der Waals surface area contributed by atoms with Crippen LogP contribution in [-0.4, -0.2) is 47.6 Å². The third-order valence-corrected chi connectivity index (χ3v) is 6.73. The van der Waals surface area contributed by atoms with Crippen LogP contribution in [0.15, 0.2) is 38.8 Å². The Morgan fingerprint density at radius 1 is 1.31 bits per heavy atom. The van der Waals surface area contributed by atoms with E-state index >= 15 is 0 Å². The average Bonchev–Trinajstić information content (AvgIpc) is 3.06. The standard InChI is InChI=1S/C16H20N4O4S2/c1-12-9-15(24-19-12)18-14(21)11-25-16-6-5-13(10-17-16)26(22,23)20-7-3-2-4-8-20/h5-6,9-10H,2-4,7-8,11H2,1H3,(H,18,21). The van der Waals surface area contributed by atoms with Crippen LogP contribution in [0.3, 0.4) is 0 Å². The first kappa shape index (κ1) is 18.9. The van der Waals surface area contributed by atoms with Crippen molar-refractivity contribution >= 4 is 33.6 Å². The van der Waals surface area contributed by atoms with E-state index in [1.807, 2.05) is 0 Å². The van der Waals surface area contributed by atoms with Gasteiger partial charge >= 0.3 is 0 Å². The van der Waals surface area contributed by atoms with Crippen LogP contribution >= 0.6 is 11.8 Å². The smallest absolute Gasteiger partial charge is 0.244 e. The molecule has 1 aliphatic heterocycles. The van der Waals surface area contributed by atoms with Gasteiger partial charge in [0.05, 0.1) is 16.5 Å². The maximum Gasteiger partial charge on any atom is 0.244 e. The number of nitrogens with one attached hydrogen (secondary N) is 1. The molecule has 0 bridgehead atoms. The summed E-state index contributed by atoms with van der Waals surface area (Å²) in [5.41, 5.74) is 0.681. The number of hydrogen-bond acceptors (Lipinski definition) is 7. The number of pyridine rings is 1. The first-order valence-corrected chi connectivity index (χ1v) is 10.7. The van der Waals surface area contributed by atoms with Gasteiger partial charge in [0.1, 0.15) is 4.90 Å². The Kier molecular flexibility index (Phi) is 5.94. The van der Waals surface area contributed by atoms with Crippen LogP contribution in [-0.2, 0) is 14.8 Å². The molecule has 0 aromatic carbocycles. The lowest BCUT2D eigenvalue weighted by Gasteiger charge is -2.25. The van der Waals surface area contributed by atoms with Gasteiger partial charge in [-0.05, 0) is 31.9 Å². The third kappa shape index (κ3) is 4.63. The second-order valence-electron chi connectivity index (χ2n) is 5.97. The minimum atomic E-state index is -3.49. The van der Waals surface area contributed by atoms with Crippen molar-refractivity contribution in [3.63, 3.8) is 0 Å². The van der Waals surface area contributed by atoms with E-state index in [0.29, 0.717) is 29.7 Å². The summed E-state index contributed by atoms with van der Waals surface area (Å²) in [6.45, 7) is 2.87. The molecule has 1 N–H and O–H groups in total. The number of rotatable bonds is 6. The van der Waals surface area contributed by atoms with Crippen molar-refractivity contribution in [2.75, 3.05) is 24.2 Å². The van der Waals surface area contributed by atoms with E-state index in [4.69, 9.17) is 4.52 Å². The van der Waals surface area contributed by atoms with Crippen LogP contribution in [0.1, 0.15) is 25.0 Å². The summed E-state index contributed by atoms with van der Waals surface area (Å²) in [7, 11) is -3.49. The number of nitrogens with zero attached hydrogens (tertiary/aromatic N) is 3. The average molecular weight is 396 g/mol. The van der Waals surface area contributed by atoms with Crippen LogP contribution in [0.5, 0.6) is 0 Å². The van der Waals surface area contributed by atoms with Crippen LogP contribution in [0.25, 0.3) is 0 Å². The molecule has 2 aromatic rings. The second-order valence-corrected chi connectivity index (χ2v) is 8.90. The molecule has 0 atom stereocenters. The Morgan fingerprint density at radius 2 is 2.08 bits per heavy atom. The van der Waals surface area contributed by atoms with E-state index in [1.54, 1.807) is 19.1 Å². The molecule has 10 heteroatoms. The molecule has 0 spiro atoms. The normalized spacial score (nSPS) is 15.7. The summed E-state index contributed by atoms with van der Waals surface area (Å²) >= 11 is 1.22. The van der Waals surface area contributed by atoms with E-state index < -0.39 is 10.0 Å². The highest BCUT2D eigenvalue weighted by atomic mass is 32.2. The Hall–Kier alpha value is -1.91. The zero-order chi connectivity index (χ0) is 18.6. The number of carbonyl (C=O) groups excluding carboxylic acids is 1. The first-order valence-electron chi connectivity index (χ1n) is 8.27. The molecule has 140 valence electrons. The number of anilines is 1. The molecule has 0 unspecified atom stereocenters. The topological polar surface area (TPSA) is 105 Å². The number of hydrogen-bond donors (Lipinski definition) is 1. The van der Waals surface area contributed by atoms with Crippen LogP contribution < -0.4 is 5.32 Å². The van der Waals surface area contributed by atoms with E-state index in [1.165, 1.54) is 28.3 Å². The van der Waals surface area contributed by atoms with Crippen LogP contribution in [0, 0.1) is 6.92 Å². The number of aryl methyl sites for hydroxylation is 1. The third-order valence-electron chi connectivity index (χ3n) is 3.90. The van der Waals surface area contributed by atoms with E-state index in [2.05, 4.69) is 15.5 Å². The molecule has 26 heavy (non-hydrogen) atoms. The number of carbonyl (C=O) groups is 1. The highest BCUT2D eigenvalue weighted by Crippen LogP contribution is 2.22. The summed E-state index contributed by atoms with van der Waals surface area (Å²) in [5.74, 6) is 0.173. The van der Waals surface area contributed by atoms with E-state index in [9.17, 15) is 13.2 Å². The maximum absolute atomic E-state index is 12.6. The zero-order valence-corrected chi connectivity index (χ0v) is 16.0. The Bertz CT molecular complexity index is 859. The first-order chi connectivity index (χ1) is 12.4. The molecule has 0 saturated carbocycles. The molecule has 1 saturated heterocycles. The lowest BCUT2D eigenvalue weighted by atomic mass is 10.2. The molecule has 2 aromatic heterocycles. The summed E-state index contributed by atoms with van der Waals surface area (Å²) < 4.78 is 31.6. The summed E-state index contributed by atoms with van der Waals surface area (Å²) in [5, 5.41) is 6.86. The number of amides is 1. The molecular formula is C16H20N4O4S2. The van der Waals surface area contributed by atoms with Crippen LogP contribution in [0.4, 0.5) is 5.88 Å². The van der Waals surface area contributed by atoms with Gasteiger partial charge < -0.3 is 4.52 Å². The van der Waals surface area contributed by atoms with Gasteiger partial charge in [-0.15, -0.1) is 0 Å². The van der Waals surface area contributed by atoms with Gasteiger partial charge in [0.15, 0.2) is 0 Å². The molecule has 1 aliphatic rings. The van der Waals surface area contributed by atoms with E-state index in [-0.39, 0.29) is 16.6 Å². The van der Waals surface area contributed by atoms with Crippen LogP contribution in [0.2, 0.25) is 0 Å². The van der Waals surface area contributed by atoms with Gasteiger partial charge in [0.25, 0.3) is 0 Å². The quantitative estimate of drug-likeness (QED) is 0.747. The SMILES string of the molecule is Cc1cc(NC(=O)CSc2ccc(S(=O)(=O)N3CCCCC3)cn2)on1.